The van der Waals surface area contributed by atoms with Crippen LogP contribution in [0.1, 0.15) is 34.3 Å². The maximum atomic E-state index is 11.1. The van der Waals surface area contributed by atoms with Crippen molar-refractivity contribution >= 4 is 5.97 Å². The molecule has 0 unspecified atom stereocenters. The van der Waals surface area contributed by atoms with Crippen LogP contribution in [0.3, 0.4) is 0 Å². The van der Waals surface area contributed by atoms with E-state index >= 15 is 0 Å². The third kappa shape index (κ3) is 2.86. The Morgan fingerprint density at radius 3 is 2.75 bits per heavy atom. The molecule has 0 heterocycles. The number of carboxylic acids is 1. The first-order valence-corrected chi connectivity index (χ1v) is 5.23. The molecular formula is C13H16O3. The molecule has 0 saturated carbocycles. The van der Waals surface area contributed by atoms with Crippen molar-refractivity contribution in [2.75, 3.05) is 0 Å². The molecule has 16 heavy (non-hydrogen) atoms. The van der Waals surface area contributed by atoms with Crippen molar-refractivity contribution in [2.24, 2.45) is 0 Å². The molecule has 1 aromatic rings. The van der Waals surface area contributed by atoms with Gasteiger partial charge in [0.15, 0.2) is 0 Å². The smallest absolute Gasteiger partial charge is 0.336 e. The number of benzene rings is 1. The van der Waals surface area contributed by atoms with Gasteiger partial charge >= 0.3 is 5.97 Å². The Bertz CT molecular complexity index is 408. The quantitative estimate of drug-likeness (QED) is 0.592. The number of aryl methyl sites for hydroxylation is 2. The van der Waals surface area contributed by atoms with Crippen LogP contribution in [0.15, 0.2) is 24.8 Å². The number of allylic oxidation sites excluding steroid dienone is 1. The van der Waals surface area contributed by atoms with Gasteiger partial charge in [-0.3, -0.25) is 0 Å². The van der Waals surface area contributed by atoms with Gasteiger partial charge in [-0.25, -0.2) is 4.79 Å². The van der Waals surface area contributed by atoms with Crippen molar-refractivity contribution in [1.82, 2.24) is 0 Å². The fourth-order valence-electron chi connectivity index (χ4n) is 1.78. The zero-order valence-corrected chi connectivity index (χ0v) is 9.36. The molecule has 3 nitrogen and oxygen atoms in total. The molecule has 0 aliphatic carbocycles. The van der Waals surface area contributed by atoms with E-state index < -0.39 is 5.97 Å². The minimum Gasteiger partial charge on any atom is -0.508 e. The Hall–Kier alpha value is -1.77. The Balaban J connectivity index is 3.03. The number of phenolic OH excluding ortho intramolecular Hbond substituents is 1. The molecule has 0 saturated heterocycles. The van der Waals surface area contributed by atoms with E-state index in [1.54, 1.807) is 13.0 Å². The van der Waals surface area contributed by atoms with Gasteiger partial charge in [-0.05, 0) is 49.4 Å². The number of rotatable bonds is 5. The SMILES string of the molecule is C=CCCCc1cc(O)cc(C)c1C(=O)O. The molecule has 0 fully saturated rings. The molecule has 0 aliphatic heterocycles. The van der Waals surface area contributed by atoms with Crippen molar-refractivity contribution < 1.29 is 15.0 Å². The van der Waals surface area contributed by atoms with Crippen LogP contribution in [0.2, 0.25) is 0 Å². The summed E-state index contributed by atoms with van der Waals surface area (Å²) in [4.78, 5) is 11.1. The van der Waals surface area contributed by atoms with Crippen LogP contribution in [0, 0.1) is 6.92 Å². The molecule has 1 rings (SSSR count). The van der Waals surface area contributed by atoms with Gasteiger partial charge in [0, 0.05) is 0 Å². The predicted octanol–water partition coefficient (Wildman–Crippen LogP) is 2.91. The summed E-state index contributed by atoms with van der Waals surface area (Å²) < 4.78 is 0. The highest BCUT2D eigenvalue weighted by Gasteiger charge is 2.14. The summed E-state index contributed by atoms with van der Waals surface area (Å²) in [5.41, 5.74) is 1.59. The van der Waals surface area contributed by atoms with Crippen molar-refractivity contribution in [3.05, 3.63) is 41.5 Å². The van der Waals surface area contributed by atoms with Gasteiger partial charge in [-0.1, -0.05) is 6.08 Å². The van der Waals surface area contributed by atoms with E-state index in [0.717, 1.165) is 12.8 Å². The Morgan fingerprint density at radius 1 is 1.50 bits per heavy atom. The average Bonchev–Trinajstić information content (AvgIpc) is 2.16. The van der Waals surface area contributed by atoms with E-state index in [4.69, 9.17) is 5.11 Å². The summed E-state index contributed by atoms with van der Waals surface area (Å²) in [7, 11) is 0. The highest BCUT2D eigenvalue weighted by Crippen LogP contribution is 2.23. The number of aromatic hydroxyl groups is 1. The van der Waals surface area contributed by atoms with E-state index in [9.17, 15) is 9.90 Å². The van der Waals surface area contributed by atoms with E-state index in [2.05, 4.69) is 6.58 Å². The number of phenols is 1. The standard InChI is InChI=1S/C13H16O3/c1-3-4-5-6-10-8-11(14)7-9(2)12(10)13(15)16/h3,7-8,14H,1,4-6H2,2H3,(H,15,16). The van der Waals surface area contributed by atoms with Crippen LogP contribution in [-0.2, 0) is 6.42 Å². The molecule has 2 N–H and O–H groups in total. The Morgan fingerprint density at radius 2 is 2.19 bits per heavy atom. The number of hydrogen-bond acceptors (Lipinski definition) is 2. The van der Waals surface area contributed by atoms with E-state index in [1.165, 1.54) is 12.1 Å². The van der Waals surface area contributed by atoms with Crippen molar-refractivity contribution in [3.63, 3.8) is 0 Å². The molecule has 0 spiro atoms. The van der Waals surface area contributed by atoms with Crippen molar-refractivity contribution in [3.8, 4) is 5.75 Å². The summed E-state index contributed by atoms with van der Waals surface area (Å²) >= 11 is 0. The Labute approximate surface area is 95.0 Å². The lowest BCUT2D eigenvalue weighted by Crippen LogP contribution is -2.05. The minimum atomic E-state index is -0.939. The van der Waals surface area contributed by atoms with E-state index in [1.807, 2.05) is 0 Å². The van der Waals surface area contributed by atoms with Gasteiger partial charge < -0.3 is 10.2 Å². The minimum absolute atomic E-state index is 0.121. The molecule has 0 amide bonds. The van der Waals surface area contributed by atoms with Crippen molar-refractivity contribution in [2.45, 2.75) is 26.2 Å². The molecule has 86 valence electrons. The first-order chi connectivity index (χ1) is 7.56. The highest BCUT2D eigenvalue weighted by molar-refractivity contribution is 5.91. The van der Waals surface area contributed by atoms with Crippen LogP contribution >= 0.6 is 0 Å². The second kappa shape index (κ2) is 5.35. The average molecular weight is 220 g/mol. The summed E-state index contributed by atoms with van der Waals surface area (Å²) in [6, 6.07) is 3.00. The molecule has 0 bridgehead atoms. The lowest BCUT2D eigenvalue weighted by molar-refractivity contribution is 0.0695. The van der Waals surface area contributed by atoms with Crippen LogP contribution in [0.25, 0.3) is 0 Å². The van der Waals surface area contributed by atoms with Crippen LogP contribution in [0.4, 0.5) is 0 Å². The summed E-state index contributed by atoms with van der Waals surface area (Å²) in [6.45, 7) is 5.31. The third-order valence-corrected chi connectivity index (χ3v) is 2.47. The molecule has 3 heteroatoms. The first kappa shape index (κ1) is 12.3. The second-order valence-electron chi connectivity index (χ2n) is 3.78. The van der Waals surface area contributed by atoms with Crippen LogP contribution in [-0.4, -0.2) is 16.2 Å². The lowest BCUT2D eigenvalue weighted by atomic mass is 9.97. The summed E-state index contributed by atoms with van der Waals surface area (Å²) in [6.07, 6.45) is 4.12. The number of carbonyl (C=O) groups is 1. The maximum absolute atomic E-state index is 11.1. The lowest BCUT2D eigenvalue weighted by Gasteiger charge is -2.09. The van der Waals surface area contributed by atoms with Crippen molar-refractivity contribution in [1.29, 1.82) is 0 Å². The predicted molar refractivity (Wildman–Crippen MR) is 62.9 cm³/mol. The second-order valence-corrected chi connectivity index (χ2v) is 3.78. The maximum Gasteiger partial charge on any atom is 0.336 e. The first-order valence-electron chi connectivity index (χ1n) is 5.23. The summed E-state index contributed by atoms with van der Waals surface area (Å²) in [5, 5.41) is 18.5. The topological polar surface area (TPSA) is 57.5 Å². The third-order valence-electron chi connectivity index (χ3n) is 2.47. The van der Waals surface area contributed by atoms with Gasteiger partial charge in [0.05, 0.1) is 5.56 Å². The van der Waals surface area contributed by atoms with Crippen LogP contribution < -0.4 is 0 Å². The van der Waals surface area contributed by atoms with Gasteiger partial charge in [0.25, 0.3) is 0 Å². The largest absolute Gasteiger partial charge is 0.508 e. The zero-order valence-electron chi connectivity index (χ0n) is 9.36. The zero-order chi connectivity index (χ0) is 12.1. The Kier molecular flexibility index (Phi) is 4.11. The normalized spacial score (nSPS) is 10.1. The number of hydrogen-bond donors (Lipinski definition) is 2. The molecule has 0 radical (unpaired) electrons. The van der Waals surface area contributed by atoms with Gasteiger partial charge in [-0.2, -0.15) is 0 Å². The molecule has 0 atom stereocenters. The molecule has 0 aliphatic rings. The van der Waals surface area contributed by atoms with Gasteiger partial charge in [0.1, 0.15) is 5.75 Å². The fourth-order valence-corrected chi connectivity index (χ4v) is 1.78. The van der Waals surface area contributed by atoms with E-state index in [-0.39, 0.29) is 5.75 Å². The number of aromatic carboxylic acids is 1. The van der Waals surface area contributed by atoms with Crippen LogP contribution in [0.5, 0.6) is 5.75 Å². The molecule has 1 aromatic carbocycles. The fraction of sp³-hybridized carbons (Fsp3) is 0.308. The highest BCUT2D eigenvalue weighted by atomic mass is 16.4. The number of carboxylic acid groups (broad SMARTS) is 1. The molecule has 0 aromatic heterocycles. The summed E-state index contributed by atoms with van der Waals surface area (Å²) in [5.74, 6) is -0.817. The molecular weight excluding hydrogens is 204 g/mol. The van der Waals surface area contributed by atoms with E-state index in [0.29, 0.717) is 23.1 Å². The van der Waals surface area contributed by atoms with Gasteiger partial charge in [0.2, 0.25) is 0 Å². The number of unbranched alkanes of at least 4 members (excludes halogenated alkanes) is 1. The monoisotopic (exact) mass is 220 g/mol. The van der Waals surface area contributed by atoms with Gasteiger partial charge in [-0.15, -0.1) is 6.58 Å².